The summed E-state index contributed by atoms with van der Waals surface area (Å²) in [5, 5.41) is 8.17. The van der Waals surface area contributed by atoms with Crippen molar-refractivity contribution in [2.75, 3.05) is 19.6 Å². The van der Waals surface area contributed by atoms with E-state index in [2.05, 4.69) is 47.8 Å². The summed E-state index contributed by atoms with van der Waals surface area (Å²) in [6.45, 7) is 11.7. The van der Waals surface area contributed by atoms with Crippen LogP contribution in [0, 0.1) is 5.41 Å². The van der Waals surface area contributed by atoms with Crippen molar-refractivity contribution in [2.45, 2.75) is 65.5 Å². The van der Waals surface area contributed by atoms with E-state index in [0.29, 0.717) is 5.41 Å². The summed E-state index contributed by atoms with van der Waals surface area (Å²) >= 11 is 1.82. The summed E-state index contributed by atoms with van der Waals surface area (Å²) in [4.78, 5) is 2.74. The summed E-state index contributed by atoms with van der Waals surface area (Å²) in [6.07, 6.45) is 6.62. The Balaban J connectivity index is 1.94. The second-order valence-electron chi connectivity index (χ2n) is 7.01. The lowest BCUT2D eigenvalue weighted by molar-refractivity contribution is 0.136. The van der Waals surface area contributed by atoms with E-state index in [0.717, 1.165) is 25.7 Å². The highest BCUT2D eigenvalue weighted by atomic mass is 32.1. The molecule has 1 aliphatic carbocycles. The fraction of sp³-hybridized carbons (Fsp3) is 0.778. The van der Waals surface area contributed by atoms with Gasteiger partial charge in [-0.2, -0.15) is 11.3 Å². The highest BCUT2D eigenvalue weighted by molar-refractivity contribution is 7.07. The number of nitrogens with one attached hydrogen (secondary N) is 1. The molecule has 2 nitrogen and oxygen atoms in total. The molecule has 1 fully saturated rings. The topological polar surface area (TPSA) is 15.3 Å². The van der Waals surface area contributed by atoms with Crippen molar-refractivity contribution >= 4 is 11.3 Å². The zero-order chi connectivity index (χ0) is 15.1. The van der Waals surface area contributed by atoms with E-state index in [1.165, 1.54) is 44.2 Å². The number of thiophene rings is 1. The average molecular weight is 309 g/mol. The maximum atomic E-state index is 3.66. The van der Waals surface area contributed by atoms with Gasteiger partial charge in [0.25, 0.3) is 0 Å². The van der Waals surface area contributed by atoms with Crippen molar-refractivity contribution < 1.29 is 0 Å². The second-order valence-corrected chi connectivity index (χ2v) is 7.79. The van der Waals surface area contributed by atoms with E-state index >= 15 is 0 Å². The Morgan fingerprint density at radius 3 is 2.71 bits per heavy atom. The molecule has 120 valence electrons. The van der Waals surface area contributed by atoms with Gasteiger partial charge < -0.3 is 5.32 Å². The maximum Gasteiger partial charge on any atom is 0.0245 e. The first-order valence-electron chi connectivity index (χ1n) is 8.62. The van der Waals surface area contributed by atoms with Gasteiger partial charge in [-0.25, -0.2) is 0 Å². The minimum Gasteiger partial charge on any atom is -0.316 e. The molecule has 1 aromatic heterocycles. The van der Waals surface area contributed by atoms with Crippen LogP contribution in [0.1, 0.15) is 58.4 Å². The van der Waals surface area contributed by atoms with Crippen LogP contribution in [0.15, 0.2) is 16.8 Å². The highest BCUT2D eigenvalue weighted by Gasteiger charge is 2.34. The largest absolute Gasteiger partial charge is 0.316 e. The molecule has 1 saturated carbocycles. The Morgan fingerprint density at radius 1 is 1.33 bits per heavy atom. The Labute approximate surface area is 134 Å². The second kappa shape index (κ2) is 8.30. The summed E-state index contributed by atoms with van der Waals surface area (Å²) in [5.41, 5.74) is 1.90. The molecule has 0 aliphatic heterocycles. The Bertz CT molecular complexity index is 386. The third-order valence-corrected chi connectivity index (χ3v) is 5.18. The zero-order valence-corrected chi connectivity index (χ0v) is 14.8. The molecule has 0 saturated heterocycles. The van der Waals surface area contributed by atoms with Gasteiger partial charge in [0.2, 0.25) is 0 Å². The Morgan fingerprint density at radius 2 is 2.14 bits per heavy atom. The molecule has 1 aromatic rings. The van der Waals surface area contributed by atoms with Crippen molar-refractivity contribution in [3.63, 3.8) is 0 Å². The van der Waals surface area contributed by atoms with Gasteiger partial charge in [-0.15, -0.1) is 0 Å². The molecular weight excluding hydrogens is 276 g/mol. The van der Waals surface area contributed by atoms with E-state index in [9.17, 15) is 0 Å². The first kappa shape index (κ1) is 17.0. The maximum absolute atomic E-state index is 3.66. The fourth-order valence-corrected chi connectivity index (χ4v) is 3.91. The molecule has 3 heteroatoms. The predicted octanol–water partition coefficient (Wildman–Crippen LogP) is 4.52. The molecule has 2 rings (SSSR count). The van der Waals surface area contributed by atoms with Gasteiger partial charge in [0.05, 0.1) is 0 Å². The minimum atomic E-state index is 0.405. The van der Waals surface area contributed by atoms with Crippen LogP contribution in [0.3, 0.4) is 0 Å². The van der Waals surface area contributed by atoms with Gasteiger partial charge in [-0.1, -0.05) is 27.2 Å². The smallest absolute Gasteiger partial charge is 0.0245 e. The van der Waals surface area contributed by atoms with Gasteiger partial charge >= 0.3 is 0 Å². The lowest BCUT2D eigenvalue weighted by Gasteiger charge is -2.36. The number of rotatable bonds is 11. The van der Waals surface area contributed by atoms with Gasteiger partial charge in [0, 0.05) is 25.7 Å². The van der Waals surface area contributed by atoms with Crippen LogP contribution in [-0.4, -0.2) is 30.6 Å². The van der Waals surface area contributed by atoms with Crippen LogP contribution in [0.4, 0.5) is 0 Å². The van der Waals surface area contributed by atoms with E-state index in [4.69, 9.17) is 0 Å². The molecule has 0 amide bonds. The van der Waals surface area contributed by atoms with E-state index < -0.39 is 0 Å². The lowest BCUT2D eigenvalue weighted by atomic mass is 9.84. The molecule has 1 aliphatic rings. The molecule has 0 spiro atoms. The van der Waals surface area contributed by atoms with Gasteiger partial charge in [-0.3, -0.25) is 4.90 Å². The Hall–Kier alpha value is -0.380. The number of hydrogen-bond acceptors (Lipinski definition) is 3. The predicted molar refractivity (Wildman–Crippen MR) is 93.9 cm³/mol. The molecule has 0 bridgehead atoms. The molecule has 1 heterocycles. The van der Waals surface area contributed by atoms with Gasteiger partial charge in [0.15, 0.2) is 0 Å². The van der Waals surface area contributed by atoms with Crippen molar-refractivity contribution in [2.24, 2.45) is 5.41 Å². The highest BCUT2D eigenvalue weighted by Crippen LogP contribution is 2.33. The van der Waals surface area contributed by atoms with Crippen molar-refractivity contribution in [3.05, 3.63) is 22.4 Å². The summed E-state index contributed by atoms with van der Waals surface area (Å²) in [5.74, 6) is 0. The SMILES string of the molecule is CCCNCC(C)(CCC)CN(Cc1ccsc1)C1CC1. The van der Waals surface area contributed by atoms with Crippen LogP contribution in [-0.2, 0) is 6.54 Å². The number of hydrogen-bond donors (Lipinski definition) is 1. The van der Waals surface area contributed by atoms with Crippen LogP contribution in [0.5, 0.6) is 0 Å². The third-order valence-electron chi connectivity index (χ3n) is 4.45. The molecule has 1 atom stereocenters. The lowest BCUT2D eigenvalue weighted by Crippen LogP contribution is -2.43. The van der Waals surface area contributed by atoms with Crippen molar-refractivity contribution in [3.8, 4) is 0 Å². The van der Waals surface area contributed by atoms with Crippen LogP contribution in [0.25, 0.3) is 0 Å². The van der Waals surface area contributed by atoms with Crippen LogP contribution < -0.4 is 5.32 Å². The zero-order valence-electron chi connectivity index (χ0n) is 14.0. The molecule has 21 heavy (non-hydrogen) atoms. The first-order chi connectivity index (χ1) is 10.2. The fourth-order valence-electron chi connectivity index (χ4n) is 3.26. The molecule has 0 radical (unpaired) electrons. The van der Waals surface area contributed by atoms with Gasteiger partial charge in [0.1, 0.15) is 0 Å². The van der Waals surface area contributed by atoms with Gasteiger partial charge in [-0.05, 0) is 60.0 Å². The monoisotopic (exact) mass is 308 g/mol. The average Bonchev–Trinajstić information content (AvgIpc) is 3.17. The summed E-state index contributed by atoms with van der Waals surface area (Å²) in [7, 11) is 0. The summed E-state index contributed by atoms with van der Waals surface area (Å²) in [6, 6.07) is 3.12. The molecular formula is C18H32N2S. The summed E-state index contributed by atoms with van der Waals surface area (Å²) < 4.78 is 0. The first-order valence-corrected chi connectivity index (χ1v) is 9.57. The van der Waals surface area contributed by atoms with Crippen LogP contribution in [0.2, 0.25) is 0 Å². The van der Waals surface area contributed by atoms with E-state index in [-0.39, 0.29) is 0 Å². The Kier molecular flexibility index (Phi) is 6.72. The molecule has 0 aromatic carbocycles. The van der Waals surface area contributed by atoms with Crippen molar-refractivity contribution in [1.29, 1.82) is 0 Å². The minimum absolute atomic E-state index is 0.405. The molecule has 1 N–H and O–H groups in total. The van der Waals surface area contributed by atoms with Crippen molar-refractivity contribution in [1.82, 2.24) is 10.2 Å². The quantitative estimate of drug-likeness (QED) is 0.605. The van der Waals surface area contributed by atoms with Crippen LogP contribution >= 0.6 is 11.3 Å². The third kappa shape index (κ3) is 5.72. The normalized spacial score (nSPS) is 18.1. The van der Waals surface area contributed by atoms with E-state index in [1.54, 1.807) is 0 Å². The standard InChI is InChI=1S/C18H32N2S/c1-4-9-18(3,14-19-10-5-2)15-20(17-6-7-17)12-16-8-11-21-13-16/h8,11,13,17,19H,4-7,9-10,12,14-15H2,1-3H3. The number of nitrogens with zero attached hydrogens (tertiary/aromatic N) is 1. The van der Waals surface area contributed by atoms with E-state index in [1.807, 2.05) is 11.3 Å². The molecule has 1 unspecified atom stereocenters.